The number of halogens is 1. The first-order valence-corrected chi connectivity index (χ1v) is 7.08. The number of benzene rings is 1. The molecule has 0 radical (unpaired) electrons. The van der Waals surface area contributed by atoms with E-state index in [4.69, 9.17) is 22.5 Å². The van der Waals surface area contributed by atoms with E-state index in [2.05, 4.69) is 0 Å². The maximum absolute atomic E-state index is 10.0. The van der Waals surface area contributed by atoms with Crippen molar-refractivity contribution < 1.29 is 31.3 Å². The van der Waals surface area contributed by atoms with Crippen LogP contribution in [0.25, 0.3) is 10.9 Å². The Morgan fingerprint density at radius 1 is 1.27 bits per heavy atom. The van der Waals surface area contributed by atoms with Crippen LogP contribution in [0.15, 0.2) is 24.4 Å². The molecule has 5 atom stereocenters. The zero-order chi connectivity index (χ0) is 16.7. The van der Waals surface area contributed by atoms with Crippen LogP contribution in [0, 0.1) is 0 Å². The number of aliphatic hydroxyl groups is 4. The molecule has 5 N–H and O–H groups in total. The minimum atomic E-state index is -1.54. The van der Waals surface area contributed by atoms with Crippen molar-refractivity contribution in [2.24, 2.45) is 0 Å². The van der Waals surface area contributed by atoms with Crippen LogP contribution in [-0.2, 0) is 4.74 Å². The first kappa shape index (κ1) is 14.3. The molecule has 0 aliphatic carbocycles. The lowest BCUT2D eigenvalue weighted by atomic mass is 9.99. The van der Waals surface area contributed by atoms with Crippen molar-refractivity contribution in [3.8, 4) is 5.75 Å². The zero-order valence-electron chi connectivity index (χ0n) is 12.3. The summed E-state index contributed by atoms with van der Waals surface area (Å²) in [4.78, 5) is 1.06. The Hall–Kier alpha value is -1.35. The predicted octanol–water partition coefficient (Wildman–Crippen LogP) is -0.000000000000000222. The second-order valence-corrected chi connectivity index (χ2v) is 5.48. The average Bonchev–Trinajstić information content (AvgIpc) is 2.85. The second-order valence-electron chi connectivity index (χ2n) is 5.07. The number of hydrogen-bond acceptors (Lipinski definition) is 6. The van der Waals surface area contributed by atoms with Gasteiger partial charge in [0.25, 0.3) is 0 Å². The van der Waals surface area contributed by atoms with E-state index in [-0.39, 0.29) is 5.75 Å². The molecule has 0 spiro atoms. The van der Waals surface area contributed by atoms with E-state index in [1.165, 1.54) is 6.20 Å². The third-order valence-electron chi connectivity index (χ3n) is 3.65. The molecule has 3 rings (SSSR count). The number of H-pyrrole nitrogens is 1. The standard InChI is InChI=1S/C14H16ClNO6/c15-6-2-1-3-7-10(6)8(4-16-7)21-14-13(20)12(19)11(18)9(5-17)22-14/h1-4,9,11-14,16-20H,5H2/t9-,11+,12+,13-,14?/m1/s1/i/hD. The van der Waals surface area contributed by atoms with Gasteiger partial charge in [-0.15, -0.1) is 0 Å². The van der Waals surface area contributed by atoms with Gasteiger partial charge >= 0.3 is 0 Å². The van der Waals surface area contributed by atoms with E-state index in [9.17, 15) is 20.4 Å². The van der Waals surface area contributed by atoms with Crippen molar-refractivity contribution >= 4 is 22.5 Å². The maximum Gasteiger partial charge on any atom is 0.229 e. The zero-order valence-corrected chi connectivity index (χ0v) is 12.1. The number of fused-ring (bicyclic) bond motifs is 1. The van der Waals surface area contributed by atoms with Gasteiger partial charge in [-0.1, -0.05) is 17.7 Å². The van der Waals surface area contributed by atoms with Crippen molar-refractivity contribution in [3.05, 3.63) is 29.4 Å². The summed E-state index contributed by atoms with van der Waals surface area (Å²) in [5.74, 6) is 0.185. The number of hydrogen-bond donors (Lipinski definition) is 5. The Kier molecular flexibility index (Phi) is 3.91. The molecule has 0 amide bonds. The third-order valence-corrected chi connectivity index (χ3v) is 3.97. The molecule has 0 saturated carbocycles. The SMILES string of the molecule is [2H]n1cc(OC2O[C@H](CO)[C@H](O)[C@H](O)[C@H]2O)c2c(Cl)cccc21. The van der Waals surface area contributed by atoms with E-state index in [1.807, 2.05) is 0 Å². The molecule has 2 heterocycles. The van der Waals surface area contributed by atoms with Crippen molar-refractivity contribution in [2.45, 2.75) is 30.7 Å². The minimum Gasteiger partial charge on any atom is -0.460 e. The number of nitrogens with one attached hydrogen (secondary N) is 1. The summed E-state index contributed by atoms with van der Waals surface area (Å²) in [5, 5.41) is 39.5. The van der Waals surface area contributed by atoms with Gasteiger partial charge in [0, 0.05) is 6.20 Å². The lowest BCUT2D eigenvalue weighted by Gasteiger charge is -2.39. The Morgan fingerprint density at radius 2 is 2.05 bits per heavy atom. The topological polar surface area (TPSA) is 115 Å². The van der Waals surface area contributed by atoms with Crippen molar-refractivity contribution in [2.75, 3.05) is 6.61 Å². The summed E-state index contributed by atoms with van der Waals surface area (Å²) in [6.07, 6.45) is -5.58. The smallest absolute Gasteiger partial charge is 0.229 e. The highest BCUT2D eigenvalue weighted by molar-refractivity contribution is 6.36. The van der Waals surface area contributed by atoms with Crippen LogP contribution in [0.5, 0.6) is 5.75 Å². The molecule has 2 aromatic rings. The molecular weight excluding hydrogens is 314 g/mol. The normalized spacial score (nSPS) is 33.0. The van der Waals surface area contributed by atoms with Gasteiger partial charge in [0.05, 0.1) is 22.5 Å². The first-order valence-electron chi connectivity index (χ1n) is 7.14. The van der Waals surface area contributed by atoms with E-state index in [1.54, 1.807) is 18.2 Å². The van der Waals surface area contributed by atoms with Gasteiger partial charge in [-0.25, -0.2) is 0 Å². The van der Waals surface area contributed by atoms with Gasteiger partial charge in [-0.2, -0.15) is 0 Å². The number of ether oxygens (including phenoxy) is 2. The van der Waals surface area contributed by atoms with E-state index in [0.29, 0.717) is 15.9 Å². The first-order chi connectivity index (χ1) is 10.9. The lowest BCUT2D eigenvalue weighted by molar-refractivity contribution is -0.277. The number of aromatic amines is 1. The number of aliphatic hydroxyl groups excluding tert-OH is 4. The third kappa shape index (κ3) is 2.56. The predicted molar refractivity (Wildman–Crippen MR) is 77.7 cm³/mol. The van der Waals surface area contributed by atoms with E-state index in [0.717, 1.165) is 4.98 Å². The average molecular weight is 331 g/mol. The highest BCUT2D eigenvalue weighted by Gasteiger charge is 2.44. The molecule has 0 bridgehead atoms. The van der Waals surface area contributed by atoms with Crippen LogP contribution in [-0.4, -0.2) is 62.7 Å². The highest BCUT2D eigenvalue weighted by atomic mass is 35.5. The minimum absolute atomic E-state index is 0.185. The Balaban J connectivity index is 1.92. The number of rotatable bonds is 3. The summed E-state index contributed by atoms with van der Waals surface area (Å²) in [7, 11) is 0. The Bertz CT molecular complexity index is 708. The van der Waals surface area contributed by atoms with Crippen LogP contribution in [0.1, 0.15) is 0 Å². The lowest BCUT2D eigenvalue weighted by Crippen LogP contribution is -2.60. The van der Waals surface area contributed by atoms with Crippen molar-refractivity contribution in [1.29, 1.82) is 0 Å². The fraction of sp³-hybridized carbons (Fsp3) is 0.429. The van der Waals surface area contributed by atoms with Gasteiger partial charge in [-0.3, -0.25) is 0 Å². The fourth-order valence-corrected chi connectivity index (χ4v) is 2.70. The van der Waals surface area contributed by atoms with E-state index < -0.39 is 37.3 Å². The molecular formula is C14H16ClNO6. The monoisotopic (exact) mass is 330 g/mol. The molecule has 1 aliphatic heterocycles. The van der Waals surface area contributed by atoms with Crippen LogP contribution < -0.4 is 4.74 Å². The summed E-state index contributed by atoms with van der Waals surface area (Å²) < 4.78 is 18.7. The highest BCUT2D eigenvalue weighted by Crippen LogP contribution is 2.34. The quantitative estimate of drug-likeness (QED) is 0.541. The molecule has 7 nitrogen and oxygen atoms in total. The largest absolute Gasteiger partial charge is 0.460 e. The molecule has 1 aromatic heterocycles. The van der Waals surface area contributed by atoms with Gasteiger partial charge in [0.15, 0.2) is 1.41 Å². The summed E-state index contributed by atoms with van der Waals surface area (Å²) in [5.41, 5.74) is 0.497. The molecule has 120 valence electrons. The fourth-order valence-electron chi connectivity index (χ4n) is 2.44. The Morgan fingerprint density at radius 3 is 2.77 bits per heavy atom. The van der Waals surface area contributed by atoms with E-state index >= 15 is 0 Å². The van der Waals surface area contributed by atoms with Crippen LogP contribution in [0.4, 0.5) is 0 Å². The molecule has 1 unspecified atom stereocenters. The second kappa shape index (κ2) is 6.04. The van der Waals surface area contributed by atoms with Gasteiger partial charge < -0.3 is 34.9 Å². The molecule has 1 saturated heterocycles. The van der Waals surface area contributed by atoms with Crippen LogP contribution in [0.3, 0.4) is 0 Å². The number of aromatic nitrogens is 1. The molecule has 8 heteroatoms. The van der Waals surface area contributed by atoms with Crippen LogP contribution >= 0.6 is 11.6 Å². The molecule has 1 fully saturated rings. The Labute approximate surface area is 132 Å². The summed E-state index contributed by atoms with van der Waals surface area (Å²) in [6, 6.07) is 4.99. The van der Waals surface area contributed by atoms with Gasteiger partial charge in [0.1, 0.15) is 30.2 Å². The molecule has 1 aliphatic rings. The summed E-state index contributed by atoms with van der Waals surface area (Å²) in [6.45, 7) is -0.550. The van der Waals surface area contributed by atoms with Crippen molar-refractivity contribution in [3.63, 3.8) is 0 Å². The van der Waals surface area contributed by atoms with Gasteiger partial charge in [-0.05, 0) is 12.1 Å². The molecule has 22 heavy (non-hydrogen) atoms. The summed E-state index contributed by atoms with van der Waals surface area (Å²) >= 11 is 6.13. The van der Waals surface area contributed by atoms with Crippen LogP contribution in [0.2, 0.25) is 6.43 Å². The molecule has 1 aromatic carbocycles. The van der Waals surface area contributed by atoms with Crippen molar-refractivity contribution in [1.82, 2.24) is 4.98 Å². The maximum atomic E-state index is 10.0. The van der Waals surface area contributed by atoms with Gasteiger partial charge in [0.2, 0.25) is 6.29 Å².